The van der Waals surface area contributed by atoms with Crippen molar-refractivity contribution in [2.75, 3.05) is 17.3 Å². The average Bonchev–Trinajstić information content (AvgIpc) is 3.00. The first-order valence-electron chi connectivity index (χ1n) is 13.2. The smallest absolute Gasteiger partial charge is 0.270 e. The van der Waals surface area contributed by atoms with Crippen LogP contribution in [0.3, 0.4) is 0 Å². The van der Waals surface area contributed by atoms with E-state index in [1.54, 1.807) is 42.5 Å². The number of fused-ring (bicyclic) bond motifs is 1. The number of rotatable bonds is 9. The number of methoxy groups -OCH3 is 1. The van der Waals surface area contributed by atoms with Crippen molar-refractivity contribution in [2.24, 2.45) is 5.10 Å². The van der Waals surface area contributed by atoms with E-state index in [1.165, 1.54) is 36.1 Å². The maximum atomic E-state index is 13.5. The van der Waals surface area contributed by atoms with E-state index in [4.69, 9.17) is 4.74 Å². The van der Waals surface area contributed by atoms with Gasteiger partial charge in [-0.05, 0) is 61.9 Å². The highest BCUT2D eigenvalue weighted by atomic mass is 32.2. The lowest BCUT2D eigenvalue weighted by atomic mass is 10.1. The third kappa shape index (κ3) is 5.80. The number of aromatic nitrogens is 1. The van der Waals surface area contributed by atoms with Gasteiger partial charge < -0.3 is 9.84 Å². The Hall–Kier alpha value is -5.69. The lowest BCUT2D eigenvalue weighted by Gasteiger charge is -2.16. The molecule has 0 aliphatic carbocycles. The van der Waals surface area contributed by atoms with Crippen LogP contribution in [0.5, 0.6) is 11.6 Å². The molecule has 0 bridgehead atoms. The Morgan fingerprint density at radius 2 is 1.68 bits per heavy atom. The predicted molar refractivity (Wildman–Crippen MR) is 169 cm³/mol. The normalized spacial score (nSPS) is 11.5. The highest BCUT2D eigenvalue weighted by molar-refractivity contribution is 7.92. The molecule has 0 fully saturated rings. The van der Waals surface area contributed by atoms with E-state index >= 15 is 0 Å². The number of sulfonamides is 1. The number of nitro benzene ring substituents is 1. The van der Waals surface area contributed by atoms with Gasteiger partial charge in [0.2, 0.25) is 5.88 Å². The van der Waals surface area contributed by atoms with Crippen molar-refractivity contribution in [3.8, 4) is 17.3 Å². The largest absolute Gasteiger partial charge is 0.497 e. The van der Waals surface area contributed by atoms with Crippen LogP contribution in [0.4, 0.5) is 17.1 Å². The van der Waals surface area contributed by atoms with Crippen molar-refractivity contribution in [1.29, 1.82) is 0 Å². The third-order valence-electron chi connectivity index (χ3n) is 6.88. The van der Waals surface area contributed by atoms with Gasteiger partial charge in [-0.2, -0.15) is 5.10 Å². The van der Waals surface area contributed by atoms with Gasteiger partial charge in [-0.25, -0.2) is 13.0 Å². The Kier molecular flexibility index (Phi) is 8.05. The summed E-state index contributed by atoms with van der Waals surface area (Å²) in [6, 6.07) is 21.5. The molecule has 44 heavy (non-hydrogen) atoms. The number of ether oxygens (including phenoxy) is 1. The standard InChI is InChI=1S/C31H27N5O7S/c1-19-8-15-28(20(2)16-19)35-30(37)25-7-5-4-6-24(25)26(31(35)38)18-32-33-27-14-11-22(36(39)40)17-29(27)44(41,42)34-21-9-12-23(43-3)13-10-21/h4-18,33-34,38H,1-3H3. The summed E-state index contributed by atoms with van der Waals surface area (Å²) in [5.74, 6) is 0.142. The van der Waals surface area contributed by atoms with Crippen LogP contribution in [0.25, 0.3) is 16.5 Å². The van der Waals surface area contributed by atoms with Crippen LogP contribution in [0, 0.1) is 24.0 Å². The van der Waals surface area contributed by atoms with Gasteiger partial charge in [0.05, 0.1) is 35.2 Å². The first kappa shape index (κ1) is 29.8. The Morgan fingerprint density at radius 1 is 0.977 bits per heavy atom. The molecule has 1 heterocycles. The van der Waals surface area contributed by atoms with Crippen LogP contribution in [0.2, 0.25) is 0 Å². The molecule has 3 N–H and O–H groups in total. The second-order valence-electron chi connectivity index (χ2n) is 9.85. The first-order chi connectivity index (χ1) is 21.0. The van der Waals surface area contributed by atoms with Crippen molar-refractivity contribution >= 4 is 44.1 Å². The number of hydrazone groups is 1. The molecule has 4 aromatic carbocycles. The fourth-order valence-electron chi connectivity index (χ4n) is 4.74. The predicted octanol–water partition coefficient (Wildman–Crippen LogP) is 5.48. The SMILES string of the molecule is COc1ccc(NS(=O)(=O)c2cc([N+](=O)[O-])ccc2NN=Cc2c(O)n(-c3ccc(C)cc3C)c(=O)c3ccccc23)cc1. The Balaban J connectivity index is 1.57. The number of nitrogens with one attached hydrogen (secondary N) is 2. The van der Waals surface area contributed by atoms with Crippen molar-refractivity contribution in [2.45, 2.75) is 18.7 Å². The number of pyridine rings is 1. The number of aromatic hydroxyl groups is 1. The molecule has 0 radical (unpaired) electrons. The molecule has 1 aromatic heterocycles. The fraction of sp³-hybridized carbons (Fsp3) is 0.0968. The summed E-state index contributed by atoms with van der Waals surface area (Å²) in [5, 5.41) is 27.7. The number of non-ortho nitro benzene ring substituents is 1. The number of benzene rings is 4. The molecule has 0 spiro atoms. The molecular weight excluding hydrogens is 586 g/mol. The van der Waals surface area contributed by atoms with E-state index in [1.807, 2.05) is 26.0 Å². The Labute approximate surface area is 252 Å². The third-order valence-corrected chi connectivity index (χ3v) is 8.30. The van der Waals surface area contributed by atoms with Crippen molar-refractivity contribution in [1.82, 2.24) is 4.57 Å². The molecular formula is C31H27N5O7S. The van der Waals surface area contributed by atoms with Gasteiger partial charge in [0, 0.05) is 28.6 Å². The summed E-state index contributed by atoms with van der Waals surface area (Å²) in [6.45, 7) is 3.75. The van der Waals surface area contributed by atoms with Gasteiger partial charge in [0.25, 0.3) is 21.3 Å². The highest BCUT2D eigenvalue weighted by Crippen LogP contribution is 2.30. The highest BCUT2D eigenvalue weighted by Gasteiger charge is 2.23. The van der Waals surface area contributed by atoms with Crippen molar-refractivity contribution < 1.29 is 23.2 Å². The van der Waals surface area contributed by atoms with Crippen LogP contribution in [0.15, 0.2) is 99.7 Å². The molecule has 0 saturated carbocycles. The molecule has 13 heteroatoms. The zero-order chi connectivity index (χ0) is 31.6. The van der Waals surface area contributed by atoms with Gasteiger partial charge >= 0.3 is 0 Å². The molecule has 0 aliphatic heterocycles. The van der Waals surface area contributed by atoms with Crippen LogP contribution in [-0.4, -0.2) is 36.3 Å². The summed E-state index contributed by atoms with van der Waals surface area (Å²) >= 11 is 0. The Morgan fingerprint density at radius 3 is 2.34 bits per heavy atom. The van der Waals surface area contributed by atoms with Crippen molar-refractivity contribution in [3.63, 3.8) is 0 Å². The molecule has 0 unspecified atom stereocenters. The fourth-order valence-corrected chi connectivity index (χ4v) is 5.98. The van der Waals surface area contributed by atoms with E-state index in [-0.39, 0.29) is 22.8 Å². The summed E-state index contributed by atoms with van der Waals surface area (Å²) in [7, 11) is -2.87. The number of anilines is 2. The summed E-state index contributed by atoms with van der Waals surface area (Å²) in [4.78, 5) is 23.8. The topological polar surface area (TPSA) is 165 Å². The second-order valence-corrected chi connectivity index (χ2v) is 11.5. The van der Waals surface area contributed by atoms with Gasteiger partial charge in [-0.15, -0.1) is 0 Å². The number of hydrogen-bond acceptors (Lipinski definition) is 9. The summed E-state index contributed by atoms with van der Waals surface area (Å²) in [5.41, 5.74) is 4.32. The number of aryl methyl sites for hydroxylation is 2. The lowest BCUT2D eigenvalue weighted by Crippen LogP contribution is -2.21. The van der Waals surface area contributed by atoms with E-state index in [2.05, 4.69) is 15.2 Å². The molecule has 0 amide bonds. The van der Waals surface area contributed by atoms with Gasteiger partial charge in [-0.3, -0.25) is 25.1 Å². The quantitative estimate of drug-likeness (QED) is 0.112. The second kappa shape index (κ2) is 11.9. The number of nitrogens with zero attached hydrogens (tertiary/aromatic N) is 3. The van der Waals surface area contributed by atoms with E-state index in [9.17, 15) is 28.4 Å². The zero-order valence-corrected chi connectivity index (χ0v) is 24.6. The van der Waals surface area contributed by atoms with E-state index in [0.717, 1.165) is 23.3 Å². The van der Waals surface area contributed by atoms with Crippen LogP contribution in [0.1, 0.15) is 16.7 Å². The average molecular weight is 614 g/mol. The van der Waals surface area contributed by atoms with Gasteiger partial charge in [-0.1, -0.05) is 35.9 Å². The molecule has 224 valence electrons. The maximum absolute atomic E-state index is 13.5. The monoisotopic (exact) mass is 613 g/mol. The lowest BCUT2D eigenvalue weighted by molar-refractivity contribution is -0.385. The van der Waals surface area contributed by atoms with E-state index in [0.29, 0.717) is 22.2 Å². The van der Waals surface area contributed by atoms with E-state index < -0.39 is 31.1 Å². The molecule has 0 atom stereocenters. The number of nitro groups is 1. The van der Waals surface area contributed by atoms with Crippen LogP contribution in [-0.2, 0) is 10.0 Å². The Bertz CT molecular complexity index is 2110. The first-order valence-corrected chi connectivity index (χ1v) is 14.7. The maximum Gasteiger partial charge on any atom is 0.270 e. The van der Waals surface area contributed by atoms with Crippen LogP contribution >= 0.6 is 0 Å². The minimum atomic E-state index is -4.34. The van der Waals surface area contributed by atoms with Crippen molar-refractivity contribution in [3.05, 3.63) is 122 Å². The molecule has 0 saturated heterocycles. The summed E-state index contributed by atoms with van der Waals surface area (Å²) < 4.78 is 35.4. The zero-order valence-electron chi connectivity index (χ0n) is 23.8. The van der Waals surface area contributed by atoms with Gasteiger partial charge in [0.1, 0.15) is 10.6 Å². The molecule has 5 rings (SSSR count). The minimum Gasteiger partial charge on any atom is -0.497 e. The number of hydrogen-bond donors (Lipinski definition) is 3. The van der Waals surface area contributed by atoms with Crippen LogP contribution < -0.4 is 20.4 Å². The summed E-state index contributed by atoms with van der Waals surface area (Å²) in [6.07, 6.45) is 1.26. The molecule has 12 nitrogen and oxygen atoms in total. The molecule has 0 aliphatic rings. The molecule has 5 aromatic rings. The van der Waals surface area contributed by atoms with Gasteiger partial charge in [0.15, 0.2) is 0 Å². The minimum absolute atomic E-state index is 0.0700.